The van der Waals surface area contributed by atoms with Crippen molar-refractivity contribution >= 4 is 0 Å². The molecule has 2 heteroatoms. The molecule has 0 saturated carbocycles. The molecular weight excluding hydrogens is 112 g/mol. The van der Waals surface area contributed by atoms with Crippen molar-refractivity contribution in [3.05, 3.63) is 0 Å². The second-order valence-electron chi connectivity index (χ2n) is 3.47. The first kappa shape index (κ1) is 7.03. The van der Waals surface area contributed by atoms with Crippen LogP contribution in [0.15, 0.2) is 0 Å². The molecule has 1 heterocycles. The predicted octanol–water partition coefficient (Wildman–Crippen LogP) is 0.476. The van der Waals surface area contributed by atoms with Gasteiger partial charge in [-0.1, -0.05) is 0 Å². The normalized spacial score (nSPS) is 29.0. The van der Waals surface area contributed by atoms with Crippen LogP contribution < -0.4 is 11.1 Å². The highest BCUT2D eigenvalue weighted by atomic mass is 15.0. The maximum Gasteiger partial charge on any atom is 0.0252 e. The van der Waals surface area contributed by atoms with Gasteiger partial charge in [0, 0.05) is 11.6 Å². The topological polar surface area (TPSA) is 38.0 Å². The second kappa shape index (κ2) is 2.27. The monoisotopic (exact) mass is 128 g/mol. The maximum atomic E-state index is 5.88. The minimum Gasteiger partial charge on any atom is -0.324 e. The average molecular weight is 128 g/mol. The molecule has 3 N–H and O–H groups in total. The Kier molecular flexibility index (Phi) is 1.78. The summed E-state index contributed by atoms with van der Waals surface area (Å²) in [7, 11) is 0. The molecule has 1 atom stereocenters. The molecule has 0 aliphatic carbocycles. The van der Waals surface area contributed by atoms with E-state index in [0.29, 0.717) is 6.04 Å². The molecule has 1 rings (SSSR count). The van der Waals surface area contributed by atoms with Gasteiger partial charge >= 0.3 is 0 Å². The average Bonchev–Trinajstić information content (AvgIpc) is 2.08. The van der Waals surface area contributed by atoms with Crippen molar-refractivity contribution in [1.82, 2.24) is 5.32 Å². The highest BCUT2D eigenvalue weighted by molar-refractivity contribution is 4.91. The summed E-state index contributed by atoms with van der Waals surface area (Å²) in [5.41, 5.74) is 5.85. The molecule has 0 bridgehead atoms. The van der Waals surface area contributed by atoms with E-state index < -0.39 is 0 Å². The molecule has 0 radical (unpaired) electrons. The largest absolute Gasteiger partial charge is 0.324 e. The van der Waals surface area contributed by atoms with Gasteiger partial charge in [-0.3, -0.25) is 0 Å². The molecule has 2 nitrogen and oxygen atoms in total. The van der Waals surface area contributed by atoms with Crippen molar-refractivity contribution in [3.63, 3.8) is 0 Å². The Morgan fingerprint density at radius 2 is 2.22 bits per heavy atom. The van der Waals surface area contributed by atoms with Gasteiger partial charge in [-0.05, 0) is 33.2 Å². The number of rotatable bonds is 1. The molecule has 9 heavy (non-hydrogen) atoms. The number of nitrogens with two attached hydrogens (primary N) is 1. The zero-order chi connectivity index (χ0) is 6.91. The molecule has 54 valence electrons. The molecule has 1 fully saturated rings. The van der Waals surface area contributed by atoms with Gasteiger partial charge in [-0.25, -0.2) is 0 Å². The summed E-state index contributed by atoms with van der Waals surface area (Å²) in [5.74, 6) is 0. The van der Waals surface area contributed by atoms with Crippen LogP contribution in [0.2, 0.25) is 0 Å². The molecule has 0 aromatic rings. The lowest BCUT2D eigenvalue weighted by atomic mass is 9.95. The van der Waals surface area contributed by atoms with Crippen molar-refractivity contribution in [2.45, 2.75) is 38.3 Å². The number of nitrogens with one attached hydrogen (secondary N) is 1. The van der Waals surface area contributed by atoms with E-state index in [9.17, 15) is 0 Å². The zero-order valence-electron chi connectivity index (χ0n) is 6.28. The van der Waals surface area contributed by atoms with Crippen molar-refractivity contribution in [2.24, 2.45) is 5.73 Å². The lowest BCUT2D eigenvalue weighted by Crippen LogP contribution is -2.49. The van der Waals surface area contributed by atoms with E-state index in [-0.39, 0.29) is 5.54 Å². The van der Waals surface area contributed by atoms with E-state index in [1.165, 1.54) is 12.8 Å². The summed E-state index contributed by atoms with van der Waals surface area (Å²) in [6.07, 6.45) is 2.52. The van der Waals surface area contributed by atoms with Crippen LogP contribution in [0.4, 0.5) is 0 Å². The Morgan fingerprint density at radius 1 is 1.56 bits per heavy atom. The van der Waals surface area contributed by atoms with Gasteiger partial charge in [-0.15, -0.1) is 0 Å². The van der Waals surface area contributed by atoms with E-state index in [1.807, 2.05) is 0 Å². The summed E-state index contributed by atoms with van der Waals surface area (Å²) in [6.45, 7) is 5.30. The summed E-state index contributed by atoms with van der Waals surface area (Å²) >= 11 is 0. The second-order valence-corrected chi connectivity index (χ2v) is 3.47. The van der Waals surface area contributed by atoms with E-state index in [1.54, 1.807) is 0 Å². The molecule has 1 aliphatic heterocycles. The third kappa shape index (κ3) is 1.66. The Labute approximate surface area is 56.8 Å². The van der Waals surface area contributed by atoms with Gasteiger partial charge in [0.1, 0.15) is 0 Å². The highest BCUT2D eigenvalue weighted by Crippen LogP contribution is 2.15. The van der Waals surface area contributed by atoms with Crippen LogP contribution in [-0.2, 0) is 0 Å². The van der Waals surface area contributed by atoms with Gasteiger partial charge < -0.3 is 11.1 Å². The molecule has 1 saturated heterocycles. The van der Waals surface area contributed by atoms with Crippen LogP contribution in [0.1, 0.15) is 26.7 Å². The Balaban J connectivity index is 2.42. The molecule has 1 aliphatic rings. The highest BCUT2D eigenvalue weighted by Gasteiger charge is 2.26. The van der Waals surface area contributed by atoms with E-state index in [2.05, 4.69) is 19.2 Å². The molecule has 0 spiro atoms. The molecule has 0 aromatic heterocycles. The minimum atomic E-state index is -0.0312. The van der Waals surface area contributed by atoms with Crippen molar-refractivity contribution < 1.29 is 0 Å². The van der Waals surface area contributed by atoms with Crippen LogP contribution >= 0.6 is 0 Å². The first-order chi connectivity index (χ1) is 4.11. The summed E-state index contributed by atoms with van der Waals surface area (Å²) in [4.78, 5) is 0. The first-order valence-electron chi connectivity index (χ1n) is 3.63. The van der Waals surface area contributed by atoms with E-state index in [4.69, 9.17) is 5.73 Å². The maximum absolute atomic E-state index is 5.88. The van der Waals surface area contributed by atoms with Crippen LogP contribution in [0, 0.1) is 0 Å². The first-order valence-corrected chi connectivity index (χ1v) is 3.63. The fraction of sp³-hybridized carbons (Fsp3) is 1.00. The summed E-state index contributed by atoms with van der Waals surface area (Å²) in [5, 5.41) is 3.37. The van der Waals surface area contributed by atoms with Crippen LogP contribution in [-0.4, -0.2) is 18.1 Å². The molecule has 0 aromatic carbocycles. The van der Waals surface area contributed by atoms with Crippen LogP contribution in [0.25, 0.3) is 0 Å². The van der Waals surface area contributed by atoms with Crippen molar-refractivity contribution in [1.29, 1.82) is 0 Å². The Morgan fingerprint density at radius 3 is 2.44 bits per heavy atom. The predicted molar refractivity (Wildman–Crippen MR) is 39.3 cm³/mol. The van der Waals surface area contributed by atoms with Crippen LogP contribution in [0.3, 0.4) is 0 Å². The standard InChI is InChI=1S/C7H16N2/c1-7(2,8)6-4-3-5-9-6/h6,9H,3-5,8H2,1-2H3/t6-/m0/s1. The zero-order valence-corrected chi connectivity index (χ0v) is 6.28. The number of hydrogen-bond donors (Lipinski definition) is 2. The molecule has 0 unspecified atom stereocenters. The van der Waals surface area contributed by atoms with Crippen LogP contribution in [0.5, 0.6) is 0 Å². The van der Waals surface area contributed by atoms with Gasteiger partial charge in [0.05, 0.1) is 0 Å². The van der Waals surface area contributed by atoms with E-state index in [0.717, 1.165) is 6.54 Å². The van der Waals surface area contributed by atoms with Gasteiger partial charge in [0.15, 0.2) is 0 Å². The van der Waals surface area contributed by atoms with Crippen molar-refractivity contribution in [3.8, 4) is 0 Å². The lowest BCUT2D eigenvalue weighted by Gasteiger charge is -2.26. The smallest absolute Gasteiger partial charge is 0.0252 e. The number of hydrogen-bond acceptors (Lipinski definition) is 2. The Hall–Kier alpha value is -0.0800. The van der Waals surface area contributed by atoms with Gasteiger partial charge in [0.25, 0.3) is 0 Å². The lowest BCUT2D eigenvalue weighted by molar-refractivity contribution is 0.378. The fourth-order valence-electron chi connectivity index (χ4n) is 1.32. The summed E-state index contributed by atoms with van der Waals surface area (Å²) in [6, 6.07) is 0.539. The fourth-order valence-corrected chi connectivity index (χ4v) is 1.32. The summed E-state index contributed by atoms with van der Waals surface area (Å²) < 4.78 is 0. The van der Waals surface area contributed by atoms with Crippen molar-refractivity contribution in [2.75, 3.05) is 6.54 Å². The third-order valence-electron chi connectivity index (χ3n) is 1.96. The van der Waals surface area contributed by atoms with Gasteiger partial charge in [-0.2, -0.15) is 0 Å². The van der Waals surface area contributed by atoms with E-state index >= 15 is 0 Å². The minimum absolute atomic E-state index is 0.0312. The van der Waals surface area contributed by atoms with Gasteiger partial charge in [0.2, 0.25) is 0 Å². The molecule has 0 amide bonds. The quantitative estimate of drug-likeness (QED) is 0.539. The molecular formula is C7H16N2. The third-order valence-corrected chi connectivity index (χ3v) is 1.96. The Bertz CT molecular complexity index is 87.6. The SMILES string of the molecule is CC(C)(N)[C@@H]1CCCN1.